The molecule has 0 aliphatic heterocycles. The van der Waals surface area contributed by atoms with Crippen LogP contribution in [0.25, 0.3) is 0 Å². The van der Waals surface area contributed by atoms with E-state index in [-0.39, 0.29) is 12.3 Å². The molecule has 3 amide bonds. The van der Waals surface area contributed by atoms with Crippen LogP contribution in [-0.2, 0) is 4.79 Å². The molecule has 1 rings (SSSR count). The third kappa shape index (κ3) is 4.99. The maximum atomic E-state index is 13.4. The number of nitrogens with one attached hydrogen (secondary N) is 3. The summed E-state index contributed by atoms with van der Waals surface area (Å²) in [7, 11) is 0. The Morgan fingerprint density at radius 2 is 1.81 bits per heavy atom. The quantitative estimate of drug-likeness (QED) is 0.495. The van der Waals surface area contributed by atoms with Crippen LogP contribution in [0.4, 0.5) is 19.3 Å². The Balaban J connectivity index is 2.76. The number of benzene rings is 1. The van der Waals surface area contributed by atoms with Gasteiger partial charge in [0.05, 0.1) is 0 Å². The summed E-state index contributed by atoms with van der Waals surface area (Å²) in [6.45, 7) is 3.63. The number of amides is 3. The molecule has 0 unspecified atom stereocenters. The van der Waals surface area contributed by atoms with E-state index < -0.39 is 35.3 Å². The molecule has 0 aliphatic carbocycles. The zero-order valence-electron chi connectivity index (χ0n) is 11.6. The van der Waals surface area contributed by atoms with Crippen molar-refractivity contribution in [2.45, 2.75) is 26.3 Å². The summed E-state index contributed by atoms with van der Waals surface area (Å²) in [5.74, 6) is -2.63. The zero-order valence-corrected chi connectivity index (χ0v) is 11.6. The first kappa shape index (κ1) is 16.8. The van der Waals surface area contributed by atoms with E-state index in [4.69, 9.17) is 5.21 Å². The largest absolute Gasteiger partial charge is 0.326 e. The molecule has 0 saturated heterocycles. The number of urea groups is 1. The van der Waals surface area contributed by atoms with Crippen molar-refractivity contribution in [1.82, 2.24) is 10.8 Å². The fourth-order valence-corrected chi connectivity index (χ4v) is 1.71. The molecule has 0 aromatic heterocycles. The molecular formula is C13H17F2N3O3. The summed E-state index contributed by atoms with van der Waals surface area (Å²) in [4.78, 5) is 23.1. The van der Waals surface area contributed by atoms with Crippen LogP contribution < -0.4 is 16.1 Å². The summed E-state index contributed by atoms with van der Waals surface area (Å²) in [6.07, 6.45) is 0.250. The molecule has 1 aromatic rings. The average molecular weight is 301 g/mol. The third-order valence-electron chi connectivity index (χ3n) is 2.64. The monoisotopic (exact) mass is 301 g/mol. The zero-order chi connectivity index (χ0) is 16.0. The van der Waals surface area contributed by atoms with E-state index in [0.717, 1.165) is 18.2 Å². The Morgan fingerprint density at radius 1 is 1.24 bits per heavy atom. The predicted octanol–water partition coefficient (Wildman–Crippen LogP) is 2.01. The molecule has 21 heavy (non-hydrogen) atoms. The van der Waals surface area contributed by atoms with Crippen LogP contribution >= 0.6 is 0 Å². The van der Waals surface area contributed by atoms with Gasteiger partial charge in [-0.15, -0.1) is 0 Å². The average Bonchev–Trinajstić information content (AvgIpc) is 2.41. The van der Waals surface area contributed by atoms with Gasteiger partial charge in [0.15, 0.2) is 0 Å². The van der Waals surface area contributed by atoms with Gasteiger partial charge >= 0.3 is 6.03 Å². The second-order valence-electron chi connectivity index (χ2n) is 4.85. The third-order valence-corrected chi connectivity index (χ3v) is 2.64. The predicted molar refractivity (Wildman–Crippen MR) is 71.7 cm³/mol. The summed E-state index contributed by atoms with van der Waals surface area (Å²) in [5.41, 5.74) is 0.824. The number of halogens is 2. The number of rotatable bonds is 5. The van der Waals surface area contributed by atoms with Crippen molar-refractivity contribution in [2.75, 3.05) is 5.32 Å². The van der Waals surface area contributed by atoms with Crippen molar-refractivity contribution < 1.29 is 23.6 Å². The van der Waals surface area contributed by atoms with Gasteiger partial charge in [0.1, 0.15) is 23.4 Å². The molecule has 0 radical (unpaired) electrons. The second kappa shape index (κ2) is 7.53. The standard InChI is InChI=1S/C13H17F2N3O3/c1-7(2)6-10(12(19)18-21)16-13(20)17-11-8(14)4-3-5-9(11)15/h3-5,7,10,21H,6H2,1-2H3,(H,18,19)(H2,16,17,20)/t10-/m0/s1. The highest BCUT2D eigenvalue weighted by Gasteiger charge is 2.22. The van der Waals surface area contributed by atoms with Gasteiger partial charge < -0.3 is 10.6 Å². The number of carbonyl (C=O) groups excluding carboxylic acids is 2. The van der Waals surface area contributed by atoms with Crippen molar-refractivity contribution in [3.05, 3.63) is 29.8 Å². The van der Waals surface area contributed by atoms with Crippen molar-refractivity contribution in [2.24, 2.45) is 5.92 Å². The molecule has 0 fully saturated rings. The Hall–Kier alpha value is -2.22. The molecule has 0 heterocycles. The van der Waals surface area contributed by atoms with Crippen molar-refractivity contribution in [1.29, 1.82) is 0 Å². The number of hydrogen-bond donors (Lipinski definition) is 4. The van der Waals surface area contributed by atoms with Crippen LogP contribution in [0.1, 0.15) is 20.3 Å². The van der Waals surface area contributed by atoms with Crippen molar-refractivity contribution in [3.8, 4) is 0 Å². The molecule has 6 nitrogen and oxygen atoms in total. The van der Waals surface area contributed by atoms with E-state index >= 15 is 0 Å². The lowest BCUT2D eigenvalue weighted by Gasteiger charge is -2.19. The molecule has 8 heteroatoms. The Morgan fingerprint density at radius 3 is 2.29 bits per heavy atom. The summed E-state index contributed by atoms with van der Waals surface area (Å²) in [6, 6.07) is 1.17. The SMILES string of the molecule is CC(C)C[C@H](NC(=O)Nc1c(F)cccc1F)C(=O)NO. The first-order valence-corrected chi connectivity index (χ1v) is 6.30. The van der Waals surface area contributed by atoms with Gasteiger partial charge in [-0.2, -0.15) is 0 Å². The Labute approximate surface area is 120 Å². The molecule has 0 bridgehead atoms. The van der Waals surface area contributed by atoms with Crippen LogP contribution in [0.2, 0.25) is 0 Å². The number of carbonyl (C=O) groups is 2. The highest BCUT2D eigenvalue weighted by molar-refractivity contribution is 5.93. The summed E-state index contributed by atoms with van der Waals surface area (Å²) < 4.78 is 26.8. The normalized spacial score (nSPS) is 11.9. The molecule has 1 aromatic carbocycles. The summed E-state index contributed by atoms with van der Waals surface area (Å²) >= 11 is 0. The van der Waals surface area contributed by atoms with E-state index in [2.05, 4.69) is 5.32 Å². The molecule has 4 N–H and O–H groups in total. The molecule has 0 saturated carbocycles. The van der Waals surface area contributed by atoms with Gasteiger partial charge in [0.25, 0.3) is 5.91 Å². The Bertz CT molecular complexity index is 503. The Kier molecular flexibility index (Phi) is 6.04. The fraction of sp³-hybridized carbons (Fsp3) is 0.385. The van der Waals surface area contributed by atoms with Gasteiger partial charge in [-0.25, -0.2) is 19.1 Å². The number of para-hydroxylation sites is 1. The minimum absolute atomic E-state index is 0.0535. The van der Waals surface area contributed by atoms with Crippen LogP contribution in [0, 0.1) is 17.6 Å². The van der Waals surface area contributed by atoms with E-state index in [0.29, 0.717) is 0 Å². The van der Waals surface area contributed by atoms with E-state index in [1.165, 1.54) is 5.48 Å². The summed E-state index contributed by atoms with van der Waals surface area (Å²) in [5, 5.41) is 12.9. The number of hydroxylamine groups is 1. The van der Waals surface area contributed by atoms with E-state index in [9.17, 15) is 18.4 Å². The van der Waals surface area contributed by atoms with Gasteiger partial charge in [-0.1, -0.05) is 19.9 Å². The molecule has 0 spiro atoms. The number of hydrogen-bond acceptors (Lipinski definition) is 3. The molecule has 0 aliphatic rings. The van der Waals surface area contributed by atoms with Gasteiger partial charge in [-0.05, 0) is 24.5 Å². The first-order chi connectivity index (χ1) is 9.85. The molecule has 116 valence electrons. The lowest BCUT2D eigenvalue weighted by molar-refractivity contribution is -0.131. The lowest BCUT2D eigenvalue weighted by atomic mass is 10.0. The van der Waals surface area contributed by atoms with Gasteiger partial charge in [0, 0.05) is 0 Å². The smallest absolute Gasteiger partial charge is 0.320 e. The number of anilines is 1. The van der Waals surface area contributed by atoms with E-state index in [1.807, 2.05) is 19.2 Å². The van der Waals surface area contributed by atoms with Crippen LogP contribution in [0.15, 0.2) is 18.2 Å². The maximum absolute atomic E-state index is 13.4. The maximum Gasteiger partial charge on any atom is 0.320 e. The molecule has 1 atom stereocenters. The lowest BCUT2D eigenvalue weighted by Crippen LogP contribution is -2.48. The van der Waals surface area contributed by atoms with Crippen LogP contribution in [-0.4, -0.2) is 23.2 Å². The van der Waals surface area contributed by atoms with E-state index in [1.54, 1.807) is 0 Å². The topological polar surface area (TPSA) is 90.5 Å². The van der Waals surface area contributed by atoms with Gasteiger partial charge in [0.2, 0.25) is 0 Å². The second-order valence-corrected chi connectivity index (χ2v) is 4.85. The fourth-order valence-electron chi connectivity index (χ4n) is 1.71. The van der Waals surface area contributed by atoms with Gasteiger partial charge in [-0.3, -0.25) is 10.0 Å². The minimum atomic E-state index is -1.02. The minimum Gasteiger partial charge on any atom is -0.326 e. The van der Waals surface area contributed by atoms with Crippen molar-refractivity contribution >= 4 is 17.6 Å². The first-order valence-electron chi connectivity index (χ1n) is 6.30. The van der Waals surface area contributed by atoms with Crippen LogP contribution in [0.5, 0.6) is 0 Å². The van der Waals surface area contributed by atoms with Crippen molar-refractivity contribution in [3.63, 3.8) is 0 Å². The highest BCUT2D eigenvalue weighted by atomic mass is 19.1. The highest BCUT2D eigenvalue weighted by Crippen LogP contribution is 2.17. The van der Waals surface area contributed by atoms with Crippen LogP contribution in [0.3, 0.4) is 0 Å². The molecular weight excluding hydrogens is 284 g/mol.